The van der Waals surface area contributed by atoms with Crippen molar-refractivity contribution in [2.24, 2.45) is 5.41 Å². The fourth-order valence-corrected chi connectivity index (χ4v) is 3.48. The van der Waals surface area contributed by atoms with Crippen molar-refractivity contribution >= 4 is 13.9 Å². The Morgan fingerprint density at radius 3 is 2.21 bits per heavy atom. The molecule has 1 unspecified atom stereocenters. The second-order valence-corrected chi connectivity index (χ2v) is 10.6. The molecule has 0 heterocycles. The molecule has 0 aliphatic heterocycles. The lowest BCUT2D eigenvalue weighted by Gasteiger charge is -2.26. The van der Waals surface area contributed by atoms with Gasteiger partial charge in [-0.1, -0.05) is 37.9 Å². The van der Waals surface area contributed by atoms with Crippen molar-refractivity contribution in [3.63, 3.8) is 0 Å². The van der Waals surface area contributed by atoms with E-state index in [1.165, 1.54) is 0 Å². The first-order valence-corrected chi connectivity index (χ1v) is 8.61. The number of Topliss-reactive ketones (excluding diaryl/α,β-unsaturated/α-hetero) is 1. The summed E-state index contributed by atoms with van der Waals surface area (Å²) in [5, 5.41) is 1.10. The number of rotatable bonds is 2. The van der Waals surface area contributed by atoms with E-state index in [0.717, 1.165) is 17.2 Å². The molecule has 0 saturated heterocycles. The summed E-state index contributed by atoms with van der Waals surface area (Å²) in [4.78, 5) is 12.2. The van der Waals surface area contributed by atoms with Crippen molar-refractivity contribution in [1.29, 1.82) is 0 Å². The molecule has 0 spiro atoms. The fourth-order valence-electron chi connectivity index (χ4n) is 1.80. The number of ketones is 1. The minimum atomic E-state index is -1.45. The highest BCUT2D eigenvalue weighted by atomic mass is 28.3. The number of carbonyl (C=O) groups is 1. The van der Waals surface area contributed by atoms with Crippen LogP contribution >= 0.6 is 0 Å². The highest BCUT2D eigenvalue weighted by molar-refractivity contribution is 6.87. The van der Waals surface area contributed by atoms with E-state index in [1.54, 1.807) is 0 Å². The molecule has 0 N–H and O–H groups in total. The van der Waals surface area contributed by atoms with E-state index >= 15 is 0 Å². The monoisotopic (exact) mass is 208 g/mol. The zero-order valence-electron chi connectivity index (χ0n) is 9.90. The van der Waals surface area contributed by atoms with Crippen LogP contribution in [0.25, 0.3) is 0 Å². The van der Waals surface area contributed by atoms with E-state index in [9.17, 15) is 4.79 Å². The van der Waals surface area contributed by atoms with Crippen LogP contribution < -0.4 is 0 Å². The molecule has 0 bridgehead atoms. The van der Waals surface area contributed by atoms with Gasteiger partial charge in [0.2, 0.25) is 0 Å². The average molecular weight is 208 g/mol. The summed E-state index contributed by atoms with van der Waals surface area (Å²) in [6.07, 6.45) is 2.99. The van der Waals surface area contributed by atoms with E-state index < -0.39 is 8.07 Å². The summed E-state index contributed by atoms with van der Waals surface area (Å²) >= 11 is 0. The number of allylic oxidation sites excluding steroid dienone is 3. The lowest BCUT2D eigenvalue weighted by Crippen LogP contribution is -2.34. The second kappa shape index (κ2) is 3.19. The molecule has 0 radical (unpaired) electrons. The van der Waals surface area contributed by atoms with Crippen LogP contribution in [-0.2, 0) is 4.79 Å². The Hall–Kier alpha value is -0.633. The van der Waals surface area contributed by atoms with Gasteiger partial charge in [0.1, 0.15) is 0 Å². The smallest absolute Gasteiger partial charge is 0.164 e. The summed E-state index contributed by atoms with van der Waals surface area (Å²) in [6, 6.07) is 0. The summed E-state index contributed by atoms with van der Waals surface area (Å²) in [5.74, 6) is 0.323. The SMILES string of the molecule is C=C(C)C1(C)CC=C([Si](C)(C)C)C1=O. The maximum atomic E-state index is 12.2. The number of hydrogen-bond acceptors (Lipinski definition) is 1. The highest BCUT2D eigenvalue weighted by Crippen LogP contribution is 2.41. The van der Waals surface area contributed by atoms with E-state index in [4.69, 9.17) is 0 Å². The van der Waals surface area contributed by atoms with Gasteiger partial charge < -0.3 is 0 Å². The van der Waals surface area contributed by atoms with E-state index in [-0.39, 0.29) is 5.41 Å². The average Bonchev–Trinajstić information content (AvgIpc) is 2.28. The summed E-state index contributed by atoms with van der Waals surface area (Å²) in [5.41, 5.74) is 0.683. The third-order valence-electron chi connectivity index (χ3n) is 3.21. The van der Waals surface area contributed by atoms with Crippen molar-refractivity contribution < 1.29 is 4.79 Å². The molecule has 0 aromatic heterocycles. The van der Waals surface area contributed by atoms with Gasteiger partial charge in [-0.3, -0.25) is 4.79 Å². The van der Waals surface area contributed by atoms with Crippen LogP contribution in [0, 0.1) is 5.41 Å². The van der Waals surface area contributed by atoms with Gasteiger partial charge in [0, 0.05) is 0 Å². The Balaban J connectivity index is 3.04. The lowest BCUT2D eigenvalue weighted by atomic mass is 9.80. The van der Waals surface area contributed by atoms with Crippen molar-refractivity contribution in [3.8, 4) is 0 Å². The van der Waals surface area contributed by atoms with Crippen LogP contribution in [0.15, 0.2) is 23.4 Å². The Labute approximate surface area is 87.9 Å². The van der Waals surface area contributed by atoms with Gasteiger partial charge >= 0.3 is 0 Å². The summed E-state index contributed by atoms with van der Waals surface area (Å²) in [6.45, 7) is 14.6. The van der Waals surface area contributed by atoms with Gasteiger partial charge in [-0.25, -0.2) is 0 Å². The van der Waals surface area contributed by atoms with Crippen molar-refractivity contribution in [2.45, 2.75) is 39.9 Å². The molecular formula is C12H20OSi. The van der Waals surface area contributed by atoms with Crippen LogP contribution in [0.5, 0.6) is 0 Å². The van der Waals surface area contributed by atoms with Crippen molar-refractivity contribution in [3.05, 3.63) is 23.4 Å². The first-order chi connectivity index (χ1) is 6.19. The van der Waals surface area contributed by atoms with Crippen LogP contribution in [0.1, 0.15) is 20.3 Å². The molecule has 78 valence electrons. The van der Waals surface area contributed by atoms with Gasteiger partial charge in [-0.2, -0.15) is 0 Å². The summed E-state index contributed by atoms with van der Waals surface area (Å²) in [7, 11) is -1.45. The molecular weight excluding hydrogens is 188 g/mol. The molecule has 1 nitrogen and oxygen atoms in total. The molecule has 0 amide bonds. The fraction of sp³-hybridized carbons (Fsp3) is 0.583. The minimum Gasteiger partial charge on any atom is -0.294 e. The normalized spacial score (nSPS) is 27.8. The molecule has 0 saturated carbocycles. The predicted molar refractivity (Wildman–Crippen MR) is 64.0 cm³/mol. The van der Waals surface area contributed by atoms with Crippen LogP contribution in [-0.4, -0.2) is 13.9 Å². The standard InChI is InChI=1S/C12H20OSi/c1-9(2)12(3)8-7-10(11(12)13)14(4,5)6/h7H,1,8H2,2-6H3. The van der Waals surface area contributed by atoms with Gasteiger partial charge in [0.15, 0.2) is 5.78 Å². The number of carbonyl (C=O) groups excluding carboxylic acids is 1. The van der Waals surface area contributed by atoms with E-state index in [0.29, 0.717) is 5.78 Å². The maximum Gasteiger partial charge on any atom is 0.164 e. The van der Waals surface area contributed by atoms with Gasteiger partial charge in [0.25, 0.3) is 0 Å². The first-order valence-electron chi connectivity index (χ1n) is 5.11. The zero-order chi connectivity index (χ0) is 11.1. The minimum absolute atomic E-state index is 0.310. The van der Waals surface area contributed by atoms with Gasteiger partial charge in [0.05, 0.1) is 13.5 Å². The predicted octanol–water partition coefficient (Wildman–Crippen LogP) is 3.35. The summed E-state index contributed by atoms with van der Waals surface area (Å²) < 4.78 is 0. The Kier molecular flexibility index (Phi) is 2.61. The molecule has 0 fully saturated rings. The second-order valence-electron chi connectivity index (χ2n) is 5.51. The Bertz CT molecular complexity index is 320. The largest absolute Gasteiger partial charge is 0.294 e. The molecule has 2 heteroatoms. The third kappa shape index (κ3) is 1.63. The Morgan fingerprint density at radius 2 is 2.00 bits per heavy atom. The maximum absolute atomic E-state index is 12.2. The van der Waals surface area contributed by atoms with Crippen LogP contribution in [0.3, 0.4) is 0 Å². The molecule has 0 aromatic rings. The van der Waals surface area contributed by atoms with Gasteiger partial charge in [-0.05, 0) is 25.5 Å². The van der Waals surface area contributed by atoms with Crippen LogP contribution in [0.4, 0.5) is 0 Å². The van der Waals surface area contributed by atoms with Crippen molar-refractivity contribution in [2.75, 3.05) is 0 Å². The molecule has 1 aliphatic rings. The lowest BCUT2D eigenvalue weighted by molar-refractivity contribution is -0.120. The molecule has 1 aliphatic carbocycles. The topological polar surface area (TPSA) is 17.1 Å². The van der Waals surface area contributed by atoms with E-state index in [1.807, 2.05) is 13.8 Å². The molecule has 0 aromatic carbocycles. The van der Waals surface area contributed by atoms with Crippen molar-refractivity contribution in [1.82, 2.24) is 0 Å². The first kappa shape index (κ1) is 11.4. The highest BCUT2D eigenvalue weighted by Gasteiger charge is 2.43. The van der Waals surface area contributed by atoms with Gasteiger partial charge in [-0.15, -0.1) is 0 Å². The zero-order valence-corrected chi connectivity index (χ0v) is 10.9. The molecule has 1 rings (SSSR count). The Morgan fingerprint density at radius 1 is 1.50 bits per heavy atom. The molecule has 1 atom stereocenters. The number of hydrogen-bond donors (Lipinski definition) is 0. The van der Waals surface area contributed by atoms with Crippen LogP contribution in [0.2, 0.25) is 19.6 Å². The third-order valence-corrected chi connectivity index (χ3v) is 5.26. The van der Waals surface area contributed by atoms with E-state index in [2.05, 4.69) is 32.3 Å². The molecule has 14 heavy (non-hydrogen) atoms. The quantitative estimate of drug-likeness (QED) is 0.502.